The fourth-order valence-electron chi connectivity index (χ4n) is 2.16. The Morgan fingerprint density at radius 1 is 1.38 bits per heavy atom. The molecular weight excluding hydrogens is 317 g/mol. The molecule has 0 aromatic heterocycles. The normalized spacial score (nSPS) is 15.5. The second-order valence-corrected chi connectivity index (χ2v) is 6.46. The Labute approximate surface area is 131 Å². The summed E-state index contributed by atoms with van der Waals surface area (Å²) >= 11 is 7.12. The molecule has 1 fully saturated rings. The molecule has 7 heteroatoms. The lowest BCUT2D eigenvalue weighted by atomic mass is 9.96. The van der Waals surface area contributed by atoms with E-state index in [1.165, 1.54) is 12.1 Å². The van der Waals surface area contributed by atoms with Gasteiger partial charge in [-0.2, -0.15) is 0 Å². The molecule has 2 N–H and O–H groups in total. The topological polar surface area (TPSA) is 66.4 Å². The van der Waals surface area contributed by atoms with E-state index in [0.29, 0.717) is 11.6 Å². The van der Waals surface area contributed by atoms with Gasteiger partial charge in [-0.3, -0.25) is 9.59 Å². The number of carbonyl (C=O) groups excluding carboxylic acids is 1. The first-order valence-corrected chi connectivity index (χ1v) is 7.98. The van der Waals surface area contributed by atoms with Crippen LogP contribution in [-0.2, 0) is 15.0 Å². The van der Waals surface area contributed by atoms with Crippen molar-refractivity contribution < 1.29 is 19.1 Å². The maximum atomic E-state index is 13.1. The molecule has 4 nitrogen and oxygen atoms in total. The van der Waals surface area contributed by atoms with E-state index in [2.05, 4.69) is 5.32 Å². The lowest BCUT2D eigenvalue weighted by Gasteiger charge is -2.18. The Morgan fingerprint density at radius 2 is 2.10 bits per heavy atom. The number of carboxylic acid groups (broad SMARTS) is 1. The second kappa shape index (κ2) is 6.66. The van der Waals surface area contributed by atoms with Crippen molar-refractivity contribution in [3.63, 3.8) is 0 Å². The summed E-state index contributed by atoms with van der Waals surface area (Å²) in [4.78, 5) is 22.0. The zero-order valence-electron chi connectivity index (χ0n) is 11.2. The first-order chi connectivity index (χ1) is 9.93. The highest BCUT2D eigenvalue weighted by atomic mass is 35.5. The summed E-state index contributed by atoms with van der Waals surface area (Å²) in [5.74, 6) is -1.51. The highest BCUT2D eigenvalue weighted by Crippen LogP contribution is 2.50. The van der Waals surface area contributed by atoms with Gasteiger partial charge in [0.25, 0.3) is 0 Å². The Morgan fingerprint density at radius 3 is 2.67 bits per heavy atom. The Kier molecular flexibility index (Phi) is 5.11. The molecule has 0 unspecified atom stereocenters. The molecule has 0 bridgehead atoms. The molecule has 1 aromatic carbocycles. The molecule has 2 rings (SSSR count). The van der Waals surface area contributed by atoms with Gasteiger partial charge in [0.2, 0.25) is 5.91 Å². The third kappa shape index (κ3) is 4.35. The summed E-state index contributed by atoms with van der Waals surface area (Å²) in [6.45, 7) is 0.435. The van der Waals surface area contributed by atoms with Gasteiger partial charge in [0.15, 0.2) is 0 Å². The van der Waals surface area contributed by atoms with Gasteiger partial charge in [0.05, 0.1) is 11.5 Å². The van der Waals surface area contributed by atoms with Crippen molar-refractivity contribution in [2.45, 2.75) is 18.3 Å². The number of rotatable bonds is 7. The number of halogens is 2. The van der Waals surface area contributed by atoms with E-state index in [9.17, 15) is 14.0 Å². The van der Waals surface area contributed by atoms with Gasteiger partial charge in [0, 0.05) is 17.0 Å². The van der Waals surface area contributed by atoms with Crippen molar-refractivity contribution in [2.24, 2.45) is 0 Å². The standard InChI is InChI=1S/C14H15ClFNO3S/c15-11-5-9(16)1-2-10(11)14(3-4-14)8-17-12(18)6-21-7-13(19)20/h1-2,5H,3-4,6-8H2,(H,17,18)(H,19,20). The lowest BCUT2D eigenvalue weighted by Crippen LogP contribution is -2.33. The second-order valence-electron chi connectivity index (χ2n) is 5.07. The predicted octanol–water partition coefficient (Wildman–Crippen LogP) is 2.44. The molecule has 21 heavy (non-hydrogen) atoms. The van der Waals surface area contributed by atoms with Gasteiger partial charge in [0.1, 0.15) is 5.82 Å². The molecular formula is C14H15ClFNO3S. The van der Waals surface area contributed by atoms with Crippen molar-refractivity contribution >= 4 is 35.2 Å². The molecule has 0 spiro atoms. The third-order valence-corrected chi connectivity index (χ3v) is 4.67. The van der Waals surface area contributed by atoms with Gasteiger partial charge >= 0.3 is 5.97 Å². The van der Waals surface area contributed by atoms with Crippen LogP contribution in [0.15, 0.2) is 18.2 Å². The van der Waals surface area contributed by atoms with Crippen LogP contribution in [0.25, 0.3) is 0 Å². The largest absolute Gasteiger partial charge is 0.481 e. The van der Waals surface area contributed by atoms with Crippen LogP contribution in [-0.4, -0.2) is 35.0 Å². The summed E-state index contributed by atoms with van der Waals surface area (Å²) in [6, 6.07) is 4.31. The molecule has 1 saturated carbocycles. The Balaban J connectivity index is 1.87. The van der Waals surface area contributed by atoms with Gasteiger partial charge in [-0.15, -0.1) is 11.8 Å². The molecule has 1 aromatic rings. The first-order valence-electron chi connectivity index (χ1n) is 6.45. The lowest BCUT2D eigenvalue weighted by molar-refractivity contribution is -0.133. The number of hydrogen-bond acceptors (Lipinski definition) is 3. The van der Waals surface area contributed by atoms with E-state index < -0.39 is 5.97 Å². The minimum atomic E-state index is -0.940. The number of hydrogen-bond donors (Lipinski definition) is 2. The molecule has 1 amide bonds. The van der Waals surface area contributed by atoms with Crippen molar-refractivity contribution in [2.75, 3.05) is 18.1 Å². The molecule has 0 heterocycles. The molecule has 0 radical (unpaired) electrons. The number of benzene rings is 1. The SMILES string of the molecule is O=C(O)CSCC(=O)NCC1(c2ccc(F)cc2Cl)CC1. The van der Waals surface area contributed by atoms with E-state index in [-0.39, 0.29) is 28.6 Å². The minimum absolute atomic E-state index is 0.0949. The predicted molar refractivity (Wildman–Crippen MR) is 80.3 cm³/mol. The summed E-state index contributed by atoms with van der Waals surface area (Å²) in [7, 11) is 0. The van der Waals surface area contributed by atoms with E-state index in [0.717, 1.165) is 30.2 Å². The number of amides is 1. The number of nitrogens with one attached hydrogen (secondary N) is 1. The highest BCUT2D eigenvalue weighted by Gasteiger charge is 2.45. The third-order valence-electron chi connectivity index (χ3n) is 3.44. The number of thioether (sulfide) groups is 1. The quantitative estimate of drug-likeness (QED) is 0.805. The van der Waals surface area contributed by atoms with Gasteiger partial charge in [-0.1, -0.05) is 17.7 Å². The summed E-state index contributed by atoms with van der Waals surface area (Å²) in [6.07, 6.45) is 1.78. The summed E-state index contributed by atoms with van der Waals surface area (Å²) in [5, 5.41) is 11.7. The fourth-order valence-corrected chi connectivity index (χ4v) is 3.09. The maximum absolute atomic E-state index is 13.1. The Bertz CT molecular complexity index is 563. The van der Waals surface area contributed by atoms with Crippen molar-refractivity contribution in [1.29, 1.82) is 0 Å². The van der Waals surface area contributed by atoms with Crippen LogP contribution >= 0.6 is 23.4 Å². The number of aliphatic carboxylic acids is 1. The zero-order valence-corrected chi connectivity index (χ0v) is 12.8. The van der Waals surface area contributed by atoms with Crippen LogP contribution in [0.1, 0.15) is 18.4 Å². The molecule has 0 atom stereocenters. The van der Waals surface area contributed by atoms with E-state index in [4.69, 9.17) is 16.7 Å². The maximum Gasteiger partial charge on any atom is 0.313 e. The zero-order chi connectivity index (χ0) is 15.5. The molecule has 0 aliphatic heterocycles. The van der Waals surface area contributed by atoms with Crippen molar-refractivity contribution in [3.05, 3.63) is 34.6 Å². The summed E-state index contributed by atoms with van der Waals surface area (Å²) < 4.78 is 13.1. The molecule has 1 aliphatic rings. The number of carbonyl (C=O) groups is 2. The van der Waals surface area contributed by atoms with Gasteiger partial charge < -0.3 is 10.4 Å². The van der Waals surface area contributed by atoms with Crippen LogP contribution < -0.4 is 5.32 Å². The average molecular weight is 332 g/mol. The molecule has 0 saturated heterocycles. The van der Waals surface area contributed by atoms with E-state index >= 15 is 0 Å². The average Bonchev–Trinajstić information content (AvgIpc) is 3.17. The first kappa shape index (κ1) is 16.1. The van der Waals surface area contributed by atoms with Gasteiger partial charge in [-0.05, 0) is 30.5 Å². The van der Waals surface area contributed by atoms with Crippen LogP contribution in [0.3, 0.4) is 0 Å². The van der Waals surface area contributed by atoms with Crippen LogP contribution in [0.4, 0.5) is 4.39 Å². The smallest absolute Gasteiger partial charge is 0.313 e. The molecule has 114 valence electrons. The molecule has 1 aliphatic carbocycles. The van der Waals surface area contributed by atoms with Crippen molar-refractivity contribution in [3.8, 4) is 0 Å². The van der Waals surface area contributed by atoms with Crippen LogP contribution in [0.5, 0.6) is 0 Å². The Hall–Kier alpha value is -1.27. The number of carboxylic acids is 1. The van der Waals surface area contributed by atoms with E-state index in [1.54, 1.807) is 6.07 Å². The van der Waals surface area contributed by atoms with Crippen LogP contribution in [0.2, 0.25) is 5.02 Å². The van der Waals surface area contributed by atoms with E-state index in [1.807, 2.05) is 0 Å². The summed E-state index contributed by atoms with van der Waals surface area (Å²) in [5.41, 5.74) is 0.641. The minimum Gasteiger partial charge on any atom is -0.481 e. The highest BCUT2D eigenvalue weighted by molar-refractivity contribution is 8.00. The van der Waals surface area contributed by atoms with Crippen LogP contribution in [0, 0.1) is 5.82 Å². The van der Waals surface area contributed by atoms with Crippen molar-refractivity contribution in [1.82, 2.24) is 5.32 Å². The fraction of sp³-hybridized carbons (Fsp3) is 0.429. The van der Waals surface area contributed by atoms with Gasteiger partial charge in [-0.25, -0.2) is 4.39 Å². The monoisotopic (exact) mass is 331 g/mol.